The third-order valence-electron chi connectivity index (χ3n) is 3.55. The van der Waals surface area contributed by atoms with Crippen LogP contribution in [0.25, 0.3) is 0 Å². The number of nitrogens with one attached hydrogen (secondary N) is 2. The van der Waals surface area contributed by atoms with Crippen LogP contribution in [0.1, 0.15) is 31.7 Å². The molecule has 5 heteroatoms. The van der Waals surface area contributed by atoms with Gasteiger partial charge >= 0.3 is 0 Å². The normalized spacial score (nSPS) is 17.4. The number of aliphatic hydroxyl groups is 1. The highest BCUT2D eigenvalue weighted by molar-refractivity contribution is 6.30. The fourth-order valence-corrected chi connectivity index (χ4v) is 2.24. The lowest BCUT2D eigenvalue weighted by molar-refractivity contribution is -0.0279. The molecule has 1 fully saturated rings. The van der Waals surface area contributed by atoms with Crippen LogP contribution in [0.2, 0.25) is 5.02 Å². The largest absolute Gasteiger partial charge is 0.388 e. The Labute approximate surface area is 125 Å². The first-order chi connectivity index (χ1) is 9.61. The molecule has 0 saturated heterocycles. The van der Waals surface area contributed by atoms with E-state index < -0.39 is 5.60 Å². The minimum Gasteiger partial charge on any atom is -0.388 e. The number of halogens is 1. The van der Waals surface area contributed by atoms with Crippen molar-refractivity contribution in [1.82, 2.24) is 10.6 Å². The summed E-state index contributed by atoms with van der Waals surface area (Å²) in [4.78, 5) is 4.52. The summed E-state index contributed by atoms with van der Waals surface area (Å²) in [6, 6.07) is 7.66. The number of hydrogen-bond donors (Lipinski definition) is 3. The summed E-state index contributed by atoms with van der Waals surface area (Å²) in [6.07, 6.45) is 2.85. The topological polar surface area (TPSA) is 56.7 Å². The van der Waals surface area contributed by atoms with E-state index in [0.29, 0.717) is 13.1 Å². The van der Waals surface area contributed by atoms with Gasteiger partial charge in [0.05, 0.1) is 12.1 Å². The van der Waals surface area contributed by atoms with Crippen LogP contribution in [0.3, 0.4) is 0 Å². The minimum atomic E-state index is -0.545. The van der Waals surface area contributed by atoms with E-state index in [1.807, 2.05) is 31.2 Å². The van der Waals surface area contributed by atoms with Crippen LogP contribution in [0.15, 0.2) is 29.3 Å². The lowest BCUT2D eigenvalue weighted by atomic mass is 9.80. The second-order valence-electron chi connectivity index (χ2n) is 5.25. The number of guanidine groups is 1. The molecule has 110 valence electrons. The Morgan fingerprint density at radius 3 is 2.55 bits per heavy atom. The van der Waals surface area contributed by atoms with Gasteiger partial charge in [0.25, 0.3) is 0 Å². The van der Waals surface area contributed by atoms with Gasteiger partial charge in [0.2, 0.25) is 0 Å². The zero-order valence-electron chi connectivity index (χ0n) is 11.8. The zero-order valence-corrected chi connectivity index (χ0v) is 12.6. The molecular weight excluding hydrogens is 274 g/mol. The average molecular weight is 296 g/mol. The second-order valence-corrected chi connectivity index (χ2v) is 5.69. The van der Waals surface area contributed by atoms with Gasteiger partial charge in [-0.15, -0.1) is 0 Å². The monoisotopic (exact) mass is 295 g/mol. The van der Waals surface area contributed by atoms with E-state index in [4.69, 9.17) is 11.6 Å². The van der Waals surface area contributed by atoms with Gasteiger partial charge < -0.3 is 15.7 Å². The van der Waals surface area contributed by atoms with Gasteiger partial charge in [-0.2, -0.15) is 0 Å². The molecule has 0 aromatic heterocycles. The minimum absolute atomic E-state index is 0.545. The van der Waals surface area contributed by atoms with Crippen LogP contribution in [0.5, 0.6) is 0 Å². The van der Waals surface area contributed by atoms with E-state index in [2.05, 4.69) is 15.6 Å². The SMILES string of the molecule is CCNC(=NCc1ccc(Cl)cc1)NCC1(O)CCC1. The highest BCUT2D eigenvalue weighted by Gasteiger charge is 2.34. The van der Waals surface area contributed by atoms with Crippen molar-refractivity contribution < 1.29 is 5.11 Å². The second kappa shape index (κ2) is 6.95. The third-order valence-corrected chi connectivity index (χ3v) is 3.80. The Balaban J connectivity index is 1.89. The van der Waals surface area contributed by atoms with E-state index in [0.717, 1.165) is 42.4 Å². The zero-order chi connectivity index (χ0) is 14.4. The number of benzene rings is 1. The van der Waals surface area contributed by atoms with Crippen molar-refractivity contribution in [3.05, 3.63) is 34.9 Å². The molecule has 0 spiro atoms. The van der Waals surface area contributed by atoms with Crippen LogP contribution in [-0.4, -0.2) is 29.8 Å². The molecule has 1 aromatic rings. The summed E-state index contributed by atoms with van der Waals surface area (Å²) in [5, 5.41) is 17.2. The van der Waals surface area contributed by atoms with Crippen molar-refractivity contribution in [3.63, 3.8) is 0 Å². The molecule has 0 radical (unpaired) electrons. The van der Waals surface area contributed by atoms with Crippen molar-refractivity contribution in [2.24, 2.45) is 4.99 Å². The van der Waals surface area contributed by atoms with E-state index in [9.17, 15) is 5.11 Å². The molecule has 0 bridgehead atoms. The first kappa shape index (κ1) is 15.1. The predicted molar refractivity (Wildman–Crippen MR) is 83.1 cm³/mol. The van der Waals surface area contributed by atoms with Crippen LogP contribution in [-0.2, 0) is 6.54 Å². The Bertz CT molecular complexity index is 455. The molecule has 1 aromatic carbocycles. The Hall–Kier alpha value is -1.26. The number of hydrogen-bond acceptors (Lipinski definition) is 2. The summed E-state index contributed by atoms with van der Waals surface area (Å²) >= 11 is 5.86. The summed E-state index contributed by atoms with van der Waals surface area (Å²) in [5.74, 6) is 0.739. The van der Waals surface area contributed by atoms with Crippen molar-refractivity contribution in [3.8, 4) is 0 Å². The van der Waals surface area contributed by atoms with Gasteiger partial charge in [-0.25, -0.2) is 4.99 Å². The van der Waals surface area contributed by atoms with Crippen LogP contribution in [0.4, 0.5) is 0 Å². The highest BCUT2D eigenvalue weighted by Crippen LogP contribution is 2.30. The van der Waals surface area contributed by atoms with E-state index in [1.165, 1.54) is 0 Å². The maximum Gasteiger partial charge on any atom is 0.191 e. The molecule has 0 heterocycles. The first-order valence-electron chi connectivity index (χ1n) is 7.10. The van der Waals surface area contributed by atoms with Gasteiger partial charge in [0, 0.05) is 18.1 Å². The van der Waals surface area contributed by atoms with Gasteiger partial charge in [0.1, 0.15) is 0 Å². The Kier molecular flexibility index (Phi) is 5.26. The molecule has 0 atom stereocenters. The summed E-state index contributed by atoms with van der Waals surface area (Å²) in [6.45, 7) is 3.97. The lowest BCUT2D eigenvalue weighted by Crippen LogP contribution is -2.50. The molecule has 0 aliphatic heterocycles. The molecule has 20 heavy (non-hydrogen) atoms. The third kappa shape index (κ3) is 4.39. The van der Waals surface area contributed by atoms with Crippen molar-refractivity contribution in [2.75, 3.05) is 13.1 Å². The van der Waals surface area contributed by atoms with Gasteiger partial charge in [-0.1, -0.05) is 23.7 Å². The standard InChI is InChI=1S/C15H22ClN3O/c1-2-17-14(19-11-15(20)8-3-9-15)18-10-12-4-6-13(16)7-5-12/h4-7,20H,2-3,8-11H2,1H3,(H2,17,18,19). The quantitative estimate of drug-likeness (QED) is 0.577. The first-order valence-corrected chi connectivity index (χ1v) is 7.48. The molecule has 1 aliphatic rings. The maximum absolute atomic E-state index is 10.1. The van der Waals surface area contributed by atoms with E-state index >= 15 is 0 Å². The van der Waals surface area contributed by atoms with Crippen molar-refractivity contribution in [2.45, 2.75) is 38.3 Å². The highest BCUT2D eigenvalue weighted by atomic mass is 35.5. The molecule has 1 saturated carbocycles. The molecule has 4 nitrogen and oxygen atoms in total. The molecule has 0 amide bonds. The smallest absolute Gasteiger partial charge is 0.191 e. The number of rotatable bonds is 5. The Morgan fingerprint density at radius 1 is 1.30 bits per heavy atom. The lowest BCUT2D eigenvalue weighted by Gasteiger charge is -2.36. The summed E-state index contributed by atoms with van der Waals surface area (Å²) in [7, 11) is 0. The summed E-state index contributed by atoms with van der Waals surface area (Å²) in [5.41, 5.74) is 0.560. The van der Waals surface area contributed by atoms with Crippen LogP contribution in [0, 0.1) is 0 Å². The maximum atomic E-state index is 10.1. The van der Waals surface area contributed by atoms with Gasteiger partial charge in [-0.3, -0.25) is 0 Å². The molecule has 0 unspecified atom stereocenters. The van der Waals surface area contributed by atoms with Crippen molar-refractivity contribution in [1.29, 1.82) is 0 Å². The van der Waals surface area contributed by atoms with Gasteiger partial charge in [-0.05, 0) is 43.9 Å². The Morgan fingerprint density at radius 2 is 2.00 bits per heavy atom. The molecular formula is C15H22ClN3O. The van der Waals surface area contributed by atoms with E-state index in [-0.39, 0.29) is 0 Å². The average Bonchev–Trinajstić information content (AvgIpc) is 2.41. The predicted octanol–water partition coefficient (Wildman–Crippen LogP) is 2.31. The number of aliphatic imine (C=N–C) groups is 1. The fraction of sp³-hybridized carbons (Fsp3) is 0.533. The molecule has 2 rings (SSSR count). The fourth-order valence-electron chi connectivity index (χ4n) is 2.11. The molecule has 3 N–H and O–H groups in total. The van der Waals surface area contributed by atoms with Gasteiger partial charge in [0.15, 0.2) is 5.96 Å². The molecule has 1 aliphatic carbocycles. The van der Waals surface area contributed by atoms with E-state index in [1.54, 1.807) is 0 Å². The summed E-state index contributed by atoms with van der Waals surface area (Å²) < 4.78 is 0. The van der Waals surface area contributed by atoms with Crippen molar-refractivity contribution >= 4 is 17.6 Å². The van der Waals surface area contributed by atoms with Crippen LogP contribution >= 0.6 is 11.6 Å². The van der Waals surface area contributed by atoms with Crippen LogP contribution < -0.4 is 10.6 Å². The number of nitrogens with zero attached hydrogens (tertiary/aromatic N) is 1.